The second-order valence-corrected chi connectivity index (χ2v) is 4.90. The summed E-state index contributed by atoms with van der Waals surface area (Å²) in [5, 5.41) is 21.2. The quantitative estimate of drug-likeness (QED) is 0.618. The lowest BCUT2D eigenvalue weighted by Crippen LogP contribution is -2.44. The molecule has 20 heavy (non-hydrogen) atoms. The van der Waals surface area contributed by atoms with Gasteiger partial charge in [-0.3, -0.25) is 14.9 Å². The number of rotatable bonds is 5. The van der Waals surface area contributed by atoms with Crippen molar-refractivity contribution in [2.45, 2.75) is 38.6 Å². The van der Waals surface area contributed by atoms with E-state index in [0.717, 1.165) is 12.8 Å². The number of hydrogen-bond acceptors (Lipinski definition) is 5. The summed E-state index contributed by atoms with van der Waals surface area (Å²) < 4.78 is 1.45. The number of nitrogens with one attached hydrogen (secondary N) is 2. The molecule has 110 valence electrons. The van der Waals surface area contributed by atoms with Gasteiger partial charge >= 0.3 is 5.69 Å². The van der Waals surface area contributed by atoms with E-state index in [1.54, 1.807) is 7.05 Å². The van der Waals surface area contributed by atoms with Crippen molar-refractivity contribution in [1.29, 1.82) is 0 Å². The molecule has 1 saturated heterocycles. The Bertz CT molecular complexity index is 525. The minimum Gasteiger partial charge on any atom is -0.354 e. The molecule has 8 nitrogen and oxygen atoms in total. The fraction of sp³-hybridized carbons (Fsp3) is 0.667. The third-order valence-electron chi connectivity index (χ3n) is 3.36. The van der Waals surface area contributed by atoms with E-state index in [4.69, 9.17) is 0 Å². The maximum Gasteiger partial charge on any atom is 0.334 e. The van der Waals surface area contributed by atoms with E-state index in [2.05, 4.69) is 15.7 Å². The molecule has 1 aliphatic heterocycles. The highest BCUT2D eigenvalue weighted by Gasteiger charge is 2.30. The molecule has 1 aromatic rings. The first-order valence-corrected chi connectivity index (χ1v) is 6.79. The van der Waals surface area contributed by atoms with Gasteiger partial charge in [0.25, 0.3) is 0 Å². The van der Waals surface area contributed by atoms with E-state index in [0.29, 0.717) is 30.9 Å². The van der Waals surface area contributed by atoms with E-state index in [1.807, 2.05) is 6.92 Å². The van der Waals surface area contributed by atoms with E-state index in [-0.39, 0.29) is 11.6 Å². The molecule has 2 rings (SSSR count). The minimum atomic E-state index is -0.438. The minimum absolute atomic E-state index is 0.0206. The summed E-state index contributed by atoms with van der Waals surface area (Å²) >= 11 is 0. The van der Waals surface area contributed by atoms with Gasteiger partial charge < -0.3 is 10.6 Å². The standard InChI is InChI=1S/C12H19N5O3/c1-3-5-8-10(17(19)20)11(16(2)15-8)14-9-6-4-7-13-12(9)18/h9,14H,3-7H2,1-2H3,(H,13,18). The summed E-state index contributed by atoms with van der Waals surface area (Å²) in [6.07, 6.45) is 2.85. The predicted molar refractivity (Wildman–Crippen MR) is 73.5 cm³/mol. The van der Waals surface area contributed by atoms with Gasteiger partial charge in [0.05, 0.1) is 4.92 Å². The van der Waals surface area contributed by atoms with Crippen molar-refractivity contribution < 1.29 is 9.72 Å². The monoisotopic (exact) mass is 281 g/mol. The highest BCUT2D eigenvalue weighted by atomic mass is 16.6. The van der Waals surface area contributed by atoms with Gasteiger partial charge in [-0.15, -0.1) is 0 Å². The molecular formula is C12H19N5O3. The summed E-state index contributed by atoms with van der Waals surface area (Å²) in [7, 11) is 1.65. The zero-order valence-corrected chi connectivity index (χ0v) is 11.7. The molecule has 1 amide bonds. The molecule has 0 saturated carbocycles. The second-order valence-electron chi connectivity index (χ2n) is 4.90. The Morgan fingerprint density at radius 2 is 2.35 bits per heavy atom. The van der Waals surface area contributed by atoms with Crippen LogP contribution in [0, 0.1) is 10.1 Å². The van der Waals surface area contributed by atoms with Crippen LogP contribution in [0.3, 0.4) is 0 Å². The molecule has 8 heteroatoms. The number of hydrogen-bond donors (Lipinski definition) is 2. The molecule has 1 aliphatic rings. The topological polar surface area (TPSA) is 102 Å². The molecule has 0 aliphatic carbocycles. The first-order chi connectivity index (χ1) is 9.54. The largest absolute Gasteiger partial charge is 0.354 e. The number of anilines is 1. The van der Waals surface area contributed by atoms with Gasteiger partial charge in [0.2, 0.25) is 11.7 Å². The maximum absolute atomic E-state index is 11.8. The lowest BCUT2D eigenvalue weighted by Gasteiger charge is -2.23. The Hall–Kier alpha value is -2.12. The van der Waals surface area contributed by atoms with E-state index in [9.17, 15) is 14.9 Å². The molecule has 1 unspecified atom stereocenters. The van der Waals surface area contributed by atoms with Crippen molar-refractivity contribution in [3.8, 4) is 0 Å². The van der Waals surface area contributed by atoms with Crippen LogP contribution in [0.2, 0.25) is 0 Å². The van der Waals surface area contributed by atoms with Crippen LogP contribution in [-0.2, 0) is 18.3 Å². The molecule has 0 aromatic carbocycles. The van der Waals surface area contributed by atoms with Crippen molar-refractivity contribution in [3.63, 3.8) is 0 Å². The van der Waals surface area contributed by atoms with Gasteiger partial charge in [-0.05, 0) is 19.3 Å². The van der Waals surface area contributed by atoms with Crippen molar-refractivity contribution in [2.75, 3.05) is 11.9 Å². The molecule has 0 spiro atoms. The number of amides is 1. The van der Waals surface area contributed by atoms with Gasteiger partial charge in [0.1, 0.15) is 11.7 Å². The SMILES string of the molecule is CCCc1nn(C)c(NC2CCCNC2=O)c1[N+](=O)[O-]. The third kappa shape index (κ3) is 2.73. The Morgan fingerprint density at radius 1 is 1.60 bits per heavy atom. The first kappa shape index (κ1) is 14.3. The zero-order valence-electron chi connectivity index (χ0n) is 11.7. The summed E-state index contributed by atoms with van der Waals surface area (Å²) in [5.41, 5.74) is 0.437. The average molecular weight is 281 g/mol. The first-order valence-electron chi connectivity index (χ1n) is 6.79. The molecule has 2 N–H and O–H groups in total. The molecule has 1 fully saturated rings. The van der Waals surface area contributed by atoms with Gasteiger partial charge in [0, 0.05) is 13.6 Å². The van der Waals surface area contributed by atoms with Crippen molar-refractivity contribution in [1.82, 2.24) is 15.1 Å². The van der Waals surface area contributed by atoms with Crippen molar-refractivity contribution in [2.24, 2.45) is 7.05 Å². The Labute approximate surface area is 116 Å². The normalized spacial score (nSPS) is 18.7. The van der Waals surface area contributed by atoms with Crippen LogP contribution in [-0.4, -0.2) is 33.2 Å². The summed E-state index contributed by atoms with van der Waals surface area (Å²) in [4.78, 5) is 22.6. The van der Waals surface area contributed by atoms with Crippen LogP contribution in [0.5, 0.6) is 0 Å². The van der Waals surface area contributed by atoms with Crippen LogP contribution < -0.4 is 10.6 Å². The molecule has 0 radical (unpaired) electrons. The number of aryl methyl sites for hydroxylation is 2. The predicted octanol–water partition coefficient (Wildman–Crippen LogP) is 0.971. The number of carbonyl (C=O) groups is 1. The van der Waals surface area contributed by atoms with Crippen molar-refractivity contribution >= 4 is 17.4 Å². The lowest BCUT2D eigenvalue weighted by atomic mass is 10.1. The highest BCUT2D eigenvalue weighted by Crippen LogP contribution is 2.30. The Kier molecular flexibility index (Phi) is 4.21. The smallest absolute Gasteiger partial charge is 0.334 e. The fourth-order valence-corrected chi connectivity index (χ4v) is 2.40. The Morgan fingerprint density at radius 3 is 2.95 bits per heavy atom. The molecule has 1 atom stereocenters. The van der Waals surface area contributed by atoms with Crippen molar-refractivity contribution in [3.05, 3.63) is 15.8 Å². The number of nitro groups is 1. The number of nitrogens with zero attached hydrogens (tertiary/aromatic N) is 3. The van der Waals surface area contributed by atoms with E-state index < -0.39 is 11.0 Å². The van der Waals surface area contributed by atoms with E-state index in [1.165, 1.54) is 4.68 Å². The van der Waals surface area contributed by atoms with Gasteiger partial charge in [-0.25, -0.2) is 4.68 Å². The fourth-order valence-electron chi connectivity index (χ4n) is 2.40. The Balaban J connectivity index is 2.30. The number of aromatic nitrogens is 2. The summed E-state index contributed by atoms with van der Waals surface area (Å²) in [6.45, 7) is 2.60. The molecule has 1 aromatic heterocycles. The molecular weight excluding hydrogens is 262 g/mol. The lowest BCUT2D eigenvalue weighted by molar-refractivity contribution is -0.384. The summed E-state index contributed by atoms with van der Waals surface area (Å²) in [5.74, 6) is 0.185. The maximum atomic E-state index is 11.8. The van der Waals surface area contributed by atoms with Crippen LogP contribution in [0.15, 0.2) is 0 Å². The third-order valence-corrected chi connectivity index (χ3v) is 3.36. The zero-order chi connectivity index (χ0) is 14.7. The second kappa shape index (κ2) is 5.89. The van der Waals surface area contributed by atoms with E-state index >= 15 is 0 Å². The van der Waals surface area contributed by atoms with Crippen LogP contribution in [0.25, 0.3) is 0 Å². The number of piperidine rings is 1. The molecule has 2 heterocycles. The molecule has 0 bridgehead atoms. The van der Waals surface area contributed by atoms with Crippen LogP contribution >= 0.6 is 0 Å². The van der Waals surface area contributed by atoms with Gasteiger partial charge in [0.15, 0.2) is 0 Å². The van der Waals surface area contributed by atoms with Gasteiger partial charge in [-0.2, -0.15) is 5.10 Å². The number of carbonyl (C=O) groups excluding carboxylic acids is 1. The highest BCUT2D eigenvalue weighted by molar-refractivity contribution is 5.85. The van der Waals surface area contributed by atoms with Crippen LogP contribution in [0.1, 0.15) is 31.9 Å². The van der Waals surface area contributed by atoms with Crippen LogP contribution in [0.4, 0.5) is 11.5 Å². The summed E-state index contributed by atoms with van der Waals surface area (Å²) in [6, 6.07) is -0.438. The van der Waals surface area contributed by atoms with Gasteiger partial charge in [-0.1, -0.05) is 13.3 Å². The average Bonchev–Trinajstić information content (AvgIpc) is 2.69.